The molecule has 0 radical (unpaired) electrons. The predicted molar refractivity (Wildman–Crippen MR) is 80.0 cm³/mol. The molecule has 0 saturated heterocycles. The number of aromatic nitrogens is 3. The molecule has 0 aliphatic carbocycles. The summed E-state index contributed by atoms with van der Waals surface area (Å²) < 4.78 is 9.95. The summed E-state index contributed by atoms with van der Waals surface area (Å²) in [7, 11) is 2.02. The van der Waals surface area contributed by atoms with Crippen LogP contribution in [0.5, 0.6) is 5.75 Å². The zero-order valence-corrected chi connectivity index (χ0v) is 11.9. The molecule has 0 amide bonds. The Balaban J connectivity index is 1.88. The number of rotatable bonds is 5. The minimum Gasteiger partial charge on any atom is -0.494 e. The molecule has 4 nitrogen and oxygen atoms in total. The van der Waals surface area contributed by atoms with Crippen LogP contribution in [-0.4, -0.2) is 20.7 Å². The first-order chi connectivity index (χ1) is 9.78. The van der Waals surface area contributed by atoms with Gasteiger partial charge in [0.15, 0.2) is 0 Å². The Morgan fingerprint density at radius 3 is 2.90 bits per heavy atom. The van der Waals surface area contributed by atoms with Crippen molar-refractivity contribution in [1.29, 1.82) is 0 Å². The summed E-state index contributed by atoms with van der Waals surface area (Å²) in [6, 6.07) is 8.39. The Morgan fingerprint density at radius 1 is 1.25 bits per heavy atom. The zero-order chi connectivity index (χ0) is 13.9. The van der Waals surface area contributed by atoms with Crippen LogP contribution in [0.25, 0.3) is 10.9 Å². The molecule has 0 atom stereocenters. The van der Waals surface area contributed by atoms with Crippen LogP contribution in [0.2, 0.25) is 0 Å². The van der Waals surface area contributed by atoms with Crippen molar-refractivity contribution in [3.63, 3.8) is 0 Å². The highest BCUT2D eigenvalue weighted by atomic mass is 16.5. The molecule has 104 valence electrons. The van der Waals surface area contributed by atoms with Gasteiger partial charge in [-0.15, -0.1) is 0 Å². The number of imidazole rings is 1. The van der Waals surface area contributed by atoms with Crippen molar-refractivity contribution < 1.29 is 4.74 Å². The lowest BCUT2D eigenvalue weighted by molar-refractivity contribution is 0.318. The normalized spacial score (nSPS) is 11.1. The van der Waals surface area contributed by atoms with E-state index in [0.717, 1.165) is 25.3 Å². The first kappa shape index (κ1) is 12.8. The standard InChI is InChI=1S/C16H19N3O/c1-3-8-20-15-4-5-16-13(9-15)6-7-19(16)11-14-10-17-12-18(14)2/h4-7,9-10,12H,3,8,11H2,1-2H3. The van der Waals surface area contributed by atoms with Crippen molar-refractivity contribution in [2.75, 3.05) is 6.61 Å². The van der Waals surface area contributed by atoms with Gasteiger partial charge in [0.1, 0.15) is 5.75 Å². The highest BCUT2D eigenvalue weighted by molar-refractivity contribution is 5.81. The van der Waals surface area contributed by atoms with Crippen LogP contribution in [0.4, 0.5) is 0 Å². The van der Waals surface area contributed by atoms with Crippen LogP contribution in [0.1, 0.15) is 19.0 Å². The van der Waals surface area contributed by atoms with E-state index in [1.807, 2.05) is 30.2 Å². The van der Waals surface area contributed by atoms with Gasteiger partial charge in [0.25, 0.3) is 0 Å². The molecule has 2 heterocycles. The van der Waals surface area contributed by atoms with Crippen LogP contribution in [0, 0.1) is 0 Å². The van der Waals surface area contributed by atoms with E-state index in [4.69, 9.17) is 4.74 Å². The number of nitrogens with zero attached hydrogens (tertiary/aromatic N) is 3. The van der Waals surface area contributed by atoms with E-state index in [-0.39, 0.29) is 0 Å². The Bertz CT molecular complexity index is 711. The molecule has 0 unspecified atom stereocenters. The van der Waals surface area contributed by atoms with Gasteiger partial charge in [-0.1, -0.05) is 6.92 Å². The molecule has 2 aromatic heterocycles. The summed E-state index contributed by atoms with van der Waals surface area (Å²) in [6.45, 7) is 3.71. The first-order valence-electron chi connectivity index (χ1n) is 6.95. The summed E-state index contributed by atoms with van der Waals surface area (Å²) in [5.74, 6) is 0.942. The summed E-state index contributed by atoms with van der Waals surface area (Å²) in [6.07, 6.45) is 6.88. The molecule has 3 rings (SSSR count). The second-order valence-electron chi connectivity index (χ2n) is 5.01. The summed E-state index contributed by atoms with van der Waals surface area (Å²) in [4.78, 5) is 4.16. The molecule has 0 fully saturated rings. The number of fused-ring (bicyclic) bond motifs is 1. The van der Waals surface area contributed by atoms with Crippen LogP contribution in [0.15, 0.2) is 43.0 Å². The smallest absolute Gasteiger partial charge is 0.120 e. The molecule has 0 N–H and O–H groups in total. The molecule has 4 heteroatoms. The molecular weight excluding hydrogens is 250 g/mol. The van der Waals surface area contributed by atoms with Gasteiger partial charge in [0, 0.05) is 30.3 Å². The SMILES string of the molecule is CCCOc1ccc2c(ccn2Cc2cncn2C)c1. The van der Waals surface area contributed by atoms with Crippen molar-refractivity contribution in [3.05, 3.63) is 48.7 Å². The van der Waals surface area contributed by atoms with Gasteiger partial charge in [0.2, 0.25) is 0 Å². The number of aryl methyl sites for hydroxylation is 1. The van der Waals surface area contributed by atoms with Gasteiger partial charge < -0.3 is 13.9 Å². The van der Waals surface area contributed by atoms with E-state index in [1.165, 1.54) is 16.6 Å². The third-order valence-corrected chi connectivity index (χ3v) is 3.46. The predicted octanol–water partition coefficient (Wildman–Crippen LogP) is 3.21. The summed E-state index contributed by atoms with van der Waals surface area (Å²) in [5, 5.41) is 1.21. The molecular formula is C16H19N3O. The quantitative estimate of drug-likeness (QED) is 0.712. The number of hydrogen-bond donors (Lipinski definition) is 0. The zero-order valence-electron chi connectivity index (χ0n) is 11.9. The van der Waals surface area contributed by atoms with E-state index in [2.05, 4.69) is 40.9 Å². The van der Waals surface area contributed by atoms with E-state index >= 15 is 0 Å². The van der Waals surface area contributed by atoms with Crippen molar-refractivity contribution in [1.82, 2.24) is 14.1 Å². The van der Waals surface area contributed by atoms with Crippen molar-refractivity contribution in [3.8, 4) is 5.75 Å². The van der Waals surface area contributed by atoms with Crippen LogP contribution >= 0.6 is 0 Å². The van der Waals surface area contributed by atoms with Crippen LogP contribution in [0.3, 0.4) is 0 Å². The van der Waals surface area contributed by atoms with E-state index in [0.29, 0.717) is 0 Å². The van der Waals surface area contributed by atoms with Gasteiger partial charge in [-0.05, 0) is 30.7 Å². The Labute approximate surface area is 118 Å². The van der Waals surface area contributed by atoms with Crippen LogP contribution in [-0.2, 0) is 13.6 Å². The van der Waals surface area contributed by atoms with Crippen molar-refractivity contribution >= 4 is 10.9 Å². The lowest BCUT2D eigenvalue weighted by Gasteiger charge is -2.08. The lowest BCUT2D eigenvalue weighted by Crippen LogP contribution is -2.02. The highest BCUT2D eigenvalue weighted by Gasteiger charge is 2.05. The monoisotopic (exact) mass is 269 g/mol. The van der Waals surface area contributed by atoms with Gasteiger partial charge in [-0.2, -0.15) is 0 Å². The summed E-state index contributed by atoms with van der Waals surface area (Å²) >= 11 is 0. The molecule has 0 aliphatic heterocycles. The van der Waals surface area contributed by atoms with E-state index in [1.54, 1.807) is 0 Å². The fourth-order valence-electron chi connectivity index (χ4n) is 2.34. The Morgan fingerprint density at radius 2 is 2.15 bits per heavy atom. The molecule has 20 heavy (non-hydrogen) atoms. The minimum atomic E-state index is 0.765. The average Bonchev–Trinajstić information content (AvgIpc) is 3.04. The number of hydrogen-bond acceptors (Lipinski definition) is 2. The maximum absolute atomic E-state index is 5.67. The molecule has 0 aliphatic rings. The van der Waals surface area contributed by atoms with Gasteiger partial charge in [0.05, 0.1) is 25.2 Å². The summed E-state index contributed by atoms with van der Waals surface area (Å²) in [5.41, 5.74) is 2.41. The van der Waals surface area contributed by atoms with Crippen LogP contribution < -0.4 is 4.74 Å². The third kappa shape index (κ3) is 2.41. The Kier molecular flexibility index (Phi) is 3.46. The number of ether oxygens (including phenoxy) is 1. The minimum absolute atomic E-state index is 0.765. The van der Waals surface area contributed by atoms with E-state index in [9.17, 15) is 0 Å². The highest BCUT2D eigenvalue weighted by Crippen LogP contribution is 2.23. The molecule has 0 bridgehead atoms. The van der Waals surface area contributed by atoms with Gasteiger partial charge in [-0.3, -0.25) is 0 Å². The second kappa shape index (κ2) is 5.41. The second-order valence-corrected chi connectivity index (χ2v) is 5.01. The molecule has 1 aromatic carbocycles. The fourth-order valence-corrected chi connectivity index (χ4v) is 2.34. The third-order valence-electron chi connectivity index (χ3n) is 3.46. The molecule has 0 saturated carbocycles. The fraction of sp³-hybridized carbons (Fsp3) is 0.312. The van der Waals surface area contributed by atoms with Crippen molar-refractivity contribution in [2.45, 2.75) is 19.9 Å². The molecule has 0 spiro atoms. The largest absolute Gasteiger partial charge is 0.494 e. The first-order valence-corrected chi connectivity index (χ1v) is 6.95. The maximum atomic E-state index is 5.67. The Hall–Kier alpha value is -2.23. The van der Waals surface area contributed by atoms with E-state index < -0.39 is 0 Å². The molecule has 3 aromatic rings. The average molecular weight is 269 g/mol. The van der Waals surface area contributed by atoms with Gasteiger partial charge >= 0.3 is 0 Å². The number of benzene rings is 1. The maximum Gasteiger partial charge on any atom is 0.120 e. The van der Waals surface area contributed by atoms with Crippen molar-refractivity contribution in [2.24, 2.45) is 7.05 Å². The topological polar surface area (TPSA) is 32.0 Å². The lowest BCUT2D eigenvalue weighted by atomic mass is 10.2. The van der Waals surface area contributed by atoms with Gasteiger partial charge in [-0.25, -0.2) is 4.98 Å².